The minimum atomic E-state index is -0.346. The zero-order chi connectivity index (χ0) is 11.5. The lowest BCUT2D eigenvalue weighted by molar-refractivity contribution is 0.610. The van der Waals surface area contributed by atoms with Crippen LogP contribution in [0, 0.1) is 23.1 Å². The highest BCUT2D eigenvalue weighted by molar-refractivity contribution is 5.49. The Labute approximate surface area is 95.1 Å². The van der Waals surface area contributed by atoms with Crippen LogP contribution < -0.4 is 5.32 Å². The molecule has 0 heterocycles. The van der Waals surface area contributed by atoms with Gasteiger partial charge in [0.2, 0.25) is 0 Å². The van der Waals surface area contributed by atoms with Crippen molar-refractivity contribution in [2.45, 2.75) is 32.2 Å². The molecule has 1 N–H and O–H groups in total. The van der Waals surface area contributed by atoms with Gasteiger partial charge in [-0.25, -0.2) is 4.39 Å². The third-order valence-electron chi connectivity index (χ3n) is 2.88. The largest absolute Gasteiger partial charge is 0.380 e. The van der Waals surface area contributed by atoms with Crippen molar-refractivity contribution in [1.29, 1.82) is 5.26 Å². The summed E-state index contributed by atoms with van der Waals surface area (Å²) in [5.41, 5.74) is 0.852. The maximum absolute atomic E-state index is 13.5. The molecule has 0 amide bonds. The Morgan fingerprint density at radius 1 is 1.56 bits per heavy atom. The van der Waals surface area contributed by atoms with Crippen molar-refractivity contribution < 1.29 is 4.39 Å². The van der Waals surface area contributed by atoms with Gasteiger partial charge in [0.1, 0.15) is 5.82 Å². The fraction of sp³-hybridized carbons (Fsp3) is 0.462. The van der Waals surface area contributed by atoms with E-state index in [9.17, 15) is 4.39 Å². The second-order valence-corrected chi connectivity index (χ2v) is 4.53. The van der Waals surface area contributed by atoms with Crippen LogP contribution in [0.5, 0.6) is 0 Å². The zero-order valence-corrected chi connectivity index (χ0v) is 9.33. The number of nitrogens with zero attached hydrogens (tertiary/aromatic N) is 1. The monoisotopic (exact) mass is 218 g/mol. The highest BCUT2D eigenvalue weighted by Crippen LogP contribution is 2.34. The predicted octanol–water partition coefficient (Wildman–Crippen LogP) is 3.30. The molecule has 0 aliphatic heterocycles. The van der Waals surface area contributed by atoms with E-state index in [2.05, 4.69) is 12.2 Å². The highest BCUT2D eigenvalue weighted by atomic mass is 19.1. The van der Waals surface area contributed by atoms with Crippen LogP contribution in [-0.2, 0) is 0 Å². The lowest BCUT2D eigenvalue weighted by Gasteiger charge is -2.15. The molecule has 1 atom stereocenters. The SMILES string of the molecule is CC(CC1CC1)Nc1ccc(C#N)cc1F. The molecule has 2 rings (SSSR count). The predicted molar refractivity (Wildman–Crippen MR) is 61.5 cm³/mol. The van der Waals surface area contributed by atoms with Gasteiger partial charge in [-0.05, 0) is 37.5 Å². The summed E-state index contributed by atoms with van der Waals surface area (Å²) in [5, 5.41) is 11.8. The second kappa shape index (κ2) is 4.52. The molecule has 1 aromatic rings. The quantitative estimate of drug-likeness (QED) is 0.841. The zero-order valence-electron chi connectivity index (χ0n) is 9.33. The molecule has 0 radical (unpaired) electrons. The van der Waals surface area contributed by atoms with Crippen LogP contribution >= 0.6 is 0 Å². The molecule has 3 heteroatoms. The molecule has 1 aliphatic carbocycles. The Kier molecular flexibility index (Phi) is 3.09. The van der Waals surface area contributed by atoms with E-state index in [0.717, 1.165) is 12.3 Å². The molecule has 1 aliphatic rings. The number of nitriles is 1. The van der Waals surface area contributed by atoms with E-state index in [1.807, 2.05) is 6.07 Å². The van der Waals surface area contributed by atoms with Crippen LogP contribution in [-0.4, -0.2) is 6.04 Å². The topological polar surface area (TPSA) is 35.8 Å². The average molecular weight is 218 g/mol. The molecule has 16 heavy (non-hydrogen) atoms. The molecule has 1 unspecified atom stereocenters. The molecular formula is C13H15FN2. The lowest BCUT2D eigenvalue weighted by atomic mass is 10.1. The molecule has 0 spiro atoms. The third-order valence-corrected chi connectivity index (χ3v) is 2.88. The molecule has 0 saturated heterocycles. The van der Waals surface area contributed by atoms with Gasteiger partial charge in [0.05, 0.1) is 17.3 Å². The molecule has 1 aromatic carbocycles. The minimum Gasteiger partial charge on any atom is -0.380 e. The minimum absolute atomic E-state index is 0.287. The molecule has 84 valence electrons. The van der Waals surface area contributed by atoms with Crippen LogP contribution in [0.2, 0.25) is 0 Å². The van der Waals surface area contributed by atoms with Crippen LogP contribution in [0.4, 0.5) is 10.1 Å². The first-order chi connectivity index (χ1) is 7.69. The van der Waals surface area contributed by atoms with Gasteiger partial charge < -0.3 is 5.32 Å². The van der Waals surface area contributed by atoms with Gasteiger partial charge in [0.25, 0.3) is 0 Å². The Balaban J connectivity index is 2.00. The van der Waals surface area contributed by atoms with Crippen LogP contribution in [0.1, 0.15) is 31.7 Å². The van der Waals surface area contributed by atoms with Crippen LogP contribution in [0.25, 0.3) is 0 Å². The normalized spacial score (nSPS) is 16.6. The molecule has 2 nitrogen and oxygen atoms in total. The Hall–Kier alpha value is -1.56. The molecule has 1 saturated carbocycles. The van der Waals surface area contributed by atoms with Crippen LogP contribution in [0.15, 0.2) is 18.2 Å². The van der Waals surface area contributed by atoms with E-state index in [-0.39, 0.29) is 11.9 Å². The average Bonchev–Trinajstić information content (AvgIpc) is 3.05. The molecular weight excluding hydrogens is 203 g/mol. The van der Waals surface area contributed by atoms with Gasteiger partial charge in [-0.15, -0.1) is 0 Å². The summed E-state index contributed by atoms with van der Waals surface area (Å²) < 4.78 is 13.5. The van der Waals surface area contributed by atoms with Crippen molar-refractivity contribution in [3.8, 4) is 6.07 Å². The van der Waals surface area contributed by atoms with E-state index in [0.29, 0.717) is 11.3 Å². The number of hydrogen-bond donors (Lipinski definition) is 1. The van der Waals surface area contributed by atoms with Crippen molar-refractivity contribution in [3.63, 3.8) is 0 Å². The number of halogens is 1. The summed E-state index contributed by atoms with van der Waals surface area (Å²) in [6, 6.07) is 6.75. The Bertz CT molecular complexity index is 418. The van der Waals surface area contributed by atoms with E-state index in [4.69, 9.17) is 5.26 Å². The van der Waals surface area contributed by atoms with Crippen molar-refractivity contribution in [2.24, 2.45) is 5.92 Å². The highest BCUT2D eigenvalue weighted by Gasteiger charge is 2.23. The van der Waals surface area contributed by atoms with Crippen molar-refractivity contribution in [2.75, 3.05) is 5.32 Å². The fourth-order valence-corrected chi connectivity index (χ4v) is 1.88. The van der Waals surface area contributed by atoms with Gasteiger partial charge in [-0.2, -0.15) is 5.26 Å². The summed E-state index contributed by atoms with van der Waals surface area (Å²) in [6.07, 6.45) is 3.71. The van der Waals surface area contributed by atoms with Gasteiger partial charge in [0, 0.05) is 6.04 Å². The van der Waals surface area contributed by atoms with Crippen molar-refractivity contribution >= 4 is 5.69 Å². The summed E-state index contributed by atoms with van der Waals surface area (Å²) in [4.78, 5) is 0. The number of anilines is 1. The second-order valence-electron chi connectivity index (χ2n) is 4.53. The van der Waals surface area contributed by atoms with Crippen LogP contribution in [0.3, 0.4) is 0 Å². The first-order valence-electron chi connectivity index (χ1n) is 5.65. The lowest BCUT2D eigenvalue weighted by Crippen LogP contribution is -2.16. The van der Waals surface area contributed by atoms with E-state index in [1.165, 1.54) is 18.9 Å². The first-order valence-corrected chi connectivity index (χ1v) is 5.65. The first kappa shape index (κ1) is 10.9. The maximum atomic E-state index is 13.5. The summed E-state index contributed by atoms with van der Waals surface area (Å²) >= 11 is 0. The summed E-state index contributed by atoms with van der Waals surface area (Å²) in [7, 11) is 0. The van der Waals surface area contributed by atoms with Crippen molar-refractivity contribution in [3.05, 3.63) is 29.6 Å². The number of hydrogen-bond acceptors (Lipinski definition) is 2. The number of rotatable bonds is 4. The Morgan fingerprint density at radius 2 is 2.31 bits per heavy atom. The van der Waals surface area contributed by atoms with Gasteiger partial charge in [0.15, 0.2) is 0 Å². The van der Waals surface area contributed by atoms with E-state index in [1.54, 1.807) is 12.1 Å². The Morgan fingerprint density at radius 3 is 2.88 bits per heavy atom. The molecule has 1 fully saturated rings. The number of nitrogens with one attached hydrogen (secondary N) is 1. The molecule has 0 bridgehead atoms. The summed E-state index contributed by atoms with van der Waals surface area (Å²) in [6.45, 7) is 2.07. The van der Waals surface area contributed by atoms with Gasteiger partial charge in [-0.3, -0.25) is 0 Å². The van der Waals surface area contributed by atoms with E-state index < -0.39 is 0 Å². The summed E-state index contributed by atoms with van der Waals surface area (Å²) in [5.74, 6) is 0.477. The van der Waals surface area contributed by atoms with Gasteiger partial charge >= 0.3 is 0 Å². The number of benzene rings is 1. The smallest absolute Gasteiger partial charge is 0.147 e. The van der Waals surface area contributed by atoms with Gasteiger partial charge in [-0.1, -0.05) is 12.8 Å². The molecule has 0 aromatic heterocycles. The standard InChI is InChI=1S/C13H15FN2/c1-9(6-10-2-3-10)16-13-5-4-11(8-15)7-12(13)14/h4-5,7,9-10,16H,2-3,6H2,1H3. The third kappa shape index (κ3) is 2.73. The fourth-order valence-electron chi connectivity index (χ4n) is 1.88. The maximum Gasteiger partial charge on any atom is 0.147 e. The van der Waals surface area contributed by atoms with E-state index >= 15 is 0 Å². The van der Waals surface area contributed by atoms with Crippen molar-refractivity contribution in [1.82, 2.24) is 0 Å².